The molecule has 0 fully saturated rings. The average Bonchev–Trinajstić information content (AvgIpc) is 2.20. The molecule has 0 radical (unpaired) electrons. The maximum absolute atomic E-state index is 11.7. The van der Waals surface area contributed by atoms with Gasteiger partial charge in [-0.3, -0.25) is 4.79 Å². The van der Waals surface area contributed by atoms with Crippen molar-refractivity contribution in [3.63, 3.8) is 0 Å². The van der Waals surface area contributed by atoms with Crippen molar-refractivity contribution in [2.45, 2.75) is 47.5 Å². The molecule has 0 aromatic heterocycles. The maximum atomic E-state index is 11.7. The summed E-state index contributed by atoms with van der Waals surface area (Å²) in [5.41, 5.74) is 1.62. The molecule has 0 heterocycles. The molecule has 0 bridgehead atoms. The molecular formula is C15H24O. The Kier molecular flexibility index (Phi) is 4.12. The van der Waals surface area contributed by atoms with Gasteiger partial charge in [-0.2, -0.15) is 0 Å². The lowest BCUT2D eigenvalue weighted by atomic mass is 9.62. The highest BCUT2D eigenvalue weighted by molar-refractivity contribution is 5.90. The van der Waals surface area contributed by atoms with Crippen molar-refractivity contribution in [3.05, 3.63) is 23.8 Å². The minimum Gasteiger partial charge on any atom is -0.295 e. The number of ketones is 1. The first-order valence-electron chi connectivity index (χ1n) is 6.21. The van der Waals surface area contributed by atoms with Crippen LogP contribution in [0.3, 0.4) is 0 Å². The summed E-state index contributed by atoms with van der Waals surface area (Å²) in [5.74, 6) is 1.31. The molecule has 0 saturated heterocycles. The van der Waals surface area contributed by atoms with Gasteiger partial charge in [-0.25, -0.2) is 0 Å². The summed E-state index contributed by atoms with van der Waals surface area (Å²) in [6.45, 7) is 10.9. The topological polar surface area (TPSA) is 17.1 Å². The highest BCUT2D eigenvalue weighted by Crippen LogP contribution is 2.46. The van der Waals surface area contributed by atoms with E-state index in [1.54, 1.807) is 6.08 Å². The average molecular weight is 220 g/mol. The highest BCUT2D eigenvalue weighted by atomic mass is 16.1. The molecule has 0 amide bonds. The van der Waals surface area contributed by atoms with E-state index in [9.17, 15) is 4.79 Å². The molecule has 1 rings (SSSR count). The van der Waals surface area contributed by atoms with Crippen LogP contribution < -0.4 is 0 Å². The van der Waals surface area contributed by atoms with Crippen LogP contribution in [0.15, 0.2) is 23.8 Å². The van der Waals surface area contributed by atoms with Crippen LogP contribution in [0.1, 0.15) is 47.5 Å². The molecule has 1 aliphatic rings. The van der Waals surface area contributed by atoms with Crippen molar-refractivity contribution in [2.24, 2.45) is 17.3 Å². The van der Waals surface area contributed by atoms with Crippen LogP contribution in [0.4, 0.5) is 0 Å². The van der Waals surface area contributed by atoms with Crippen molar-refractivity contribution in [3.8, 4) is 0 Å². The van der Waals surface area contributed by atoms with Gasteiger partial charge in [0, 0.05) is 6.42 Å². The summed E-state index contributed by atoms with van der Waals surface area (Å²) in [4.78, 5) is 11.7. The molecule has 0 spiro atoms. The van der Waals surface area contributed by atoms with Crippen LogP contribution >= 0.6 is 0 Å². The lowest BCUT2D eigenvalue weighted by molar-refractivity contribution is -0.116. The van der Waals surface area contributed by atoms with Crippen LogP contribution in [0.25, 0.3) is 0 Å². The minimum atomic E-state index is 0.232. The molecule has 0 aromatic rings. The van der Waals surface area contributed by atoms with E-state index in [2.05, 4.69) is 33.8 Å². The largest absolute Gasteiger partial charge is 0.295 e. The van der Waals surface area contributed by atoms with Crippen molar-refractivity contribution in [1.29, 1.82) is 0 Å². The zero-order chi connectivity index (χ0) is 12.3. The lowest BCUT2D eigenvalue weighted by Gasteiger charge is -2.43. The number of hydrogen-bond acceptors (Lipinski definition) is 1. The van der Waals surface area contributed by atoms with Gasteiger partial charge in [0.2, 0.25) is 0 Å². The molecule has 1 heteroatoms. The fraction of sp³-hybridized carbons (Fsp3) is 0.667. The Bertz CT molecular complexity index is 320. The summed E-state index contributed by atoms with van der Waals surface area (Å²) in [5, 5.41) is 0. The van der Waals surface area contributed by atoms with Crippen LogP contribution in [-0.2, 0) is 4.79 Å². The number of rotatable bonds is 3. The third-order valence-electron chi connectivity index (χ3n) is 4.27. The molecule has 90 valence electrons. The van der Waals surface area contributed by atoms with E-state index in [1.165, 1.54) is 5.57 Å². The van der Waals surface area contributed by atoms with E-state index in [4.69, 9.17) is 0 Å². The summed E-state index contributed by atoms with van der Waals surface area (Å²) < 4.78 is 0. The van der Waals surface area contributed by atoms with Gasteiger partial charge in [-0.05, 0) is 43.6 Å². The Morgan fingerprint density at radius 2 is 2.19 bits per heavy atom. The molecule has 0 aromatic carbocycles. The van der Waals surface area contributed by atoms with Crippen LogP contribution in [0.5, 0.6) is 0 Å². The Morgan fingerprint density at radius 1 is 1.56 bits per heavy atom. The van der Waals surface area contributed by atoms with Gasteiger partial charge in [0.1, 0.15) is 0 Å². The molecule has 1 aliphatic carbocycles. The first-order chi connectivity index (χ1) is 7.39. The van der Waals surface area contributed by atoms with Gasteiger partial charge in [0.15, 0.2) is 5.78 Å². The number of allylic oxidation sites excluding steroid dienone is 4. The molecule has 0 aliphatic heterocycles. The van der Waals surface area contributed by atoms with E-state index in [1.807, 2.05) is 13.0 Å². The number of carbonyl (C=O) groups excluding carboxylic acids is 1. The Morgan fingerprint density at radius 3 is 2.75 bits per heavy atom. The monoisotopic (exact) mass is 220 g/mol. The predicted molar refractivity (Wildman–Crippen MR) is 69.2 cm³/mol. The summed E-state index contributed by atoms with van der Waals surface area (Å²) >= 11 is 0. The van der Waals surface area contributed by atoms with Crippen molar-refractivity contribution in [1.82, 2.24) is 0 Å². The number of carbonyl (C=O) groups is 1. The van der Waals surface area contributed by atoms with Gasteiger partial charge in [0.25, 0.3) is 0 Å². The summed E-state index contributed by atoms with van der Waals surface area (Å²) in [6, 6.07) is 0. The quantitative estimate of drug-likeness (QED) is 0.516. The van der Waals surface area contributed by atoms with E-state index >= 15 is 0 Å². The lowest BCUT2D eigenvalue weighted by Crippen LogP contribution is -2.35. The predicted octanol–water partition coefficient (Wildman–Crippen LogP) is 4.15. The third-order valence-corrected chi connectivity index (χ3v) is 4.27. The highest BCUT2D eigenvalue weighted by Gasteiger charge is 2.38. The molecule has 2 unspecified atom stereocenters. The van der Waals surface area contributed by atoms with Crippen molar-refractivity contribution >= 4 is 5.78 Å². The first-order valence-corrected chi connectivity index (χ1v) is 6.21. The van der Waals surface area contributed by atoms with Crippen LogP contribution in [0.2, 0.25) is 0 Å². The van der Waals surface area contributed by atoms with Crippen LogP contribution in [-0.4, -0.2) is 5.78 Å². The second-order valence-corrected chi connectivity index (χ2v) is 5.63. The Hall–Kier alpha value is -0.850. The molecule has 0 N–H and O–H groups in total. The standard InChI is InChI=1S/C15H24O/c1-6-7-13(16)10-14-11(2)8-9-12(3)15(14,4)5/h6-8,12,14H,9-10H2,1-5H3. The van der Waals surface area contributed by atoms with E-state index in [0.29, 0.717) is 18.3 Å². The Balaban J connectivity index is 2.87. The van der Waals surface area contributed by atoms with Gasteiger partial charge < -0.3 is 0 Å². The van der Waals surface area contributed by atoms with Gasteiger partial charge in [0.05, 0.1) is 0 Å². The molecule has 1 nitrogen and oxygen atoms in total. The second kappa shape index (κ2) is 4.99. The fourth-order valence-corrected chi connectivity index (χ4v) is 2.62. The van der Waals surface area contributed by atoms with Gasteiger partial charge in [-0.1, -0.05) is 38.5 Å². The van der Waals surface area contributed by atoms with E-state index in [-0.39, 0.29) is 11.2 Å². The minimum absolute atomic E-state index is 0.232. The Labute approximate surface area is 99.6 Å². The van der Waals surface area contributed by atoms with Gasteiger partial charge in [-0.15, -0.1) is 0 Å². The number of hydrogen-bond donors (Lipinski definition) is 0. The van der Waals surface area contributed by atoms with E-state index < -0.39 is 0 Å². The molecule has 16 heavy (non-hydrogen) atoms. The first kappa shape index (κ1) is 13.2. The maximum Gasteiger partial charge on any atom is 0.155 e. The second-order valence-electron chi connectivity index (χ2n) is 5.63. The normalized spacial score (nSPS) is 29.2. The van der Waals surface area contributed by atoms with Crippen molar-refractivity contribution < 1.29 is 4.79 Å². The fourth-order valence-electron chi connectivity index (χ4n) is 2.62. The summed E-state index contributed by atoms with van der Waals surface area (Å²) in [7, 11) is 0. The molecular weight excluding hydrogens is 196 g/mol. The van der Waals surface area contributed by atoms with Crippen LogP contribution in [0, 0.1) is 17.3 Å². The summed E-state index contributed by atoms with van der Waals surface area (Å²) in [6.07, 6.45) is 7.64. The third kappa shape index (κ3) is 2.63. The van der Waals surface area contributed by atoms with Crippen molar-refractivity contribution in [2.75, 3.05) is 0 Å². The van der Waals surface area contributed by atoms with Gasteiger partial charge >= 0.3 is 0 Å². The zero-order valence-electron chi connectivity index (χ0n) is 11.2. The zero-order valence-corrected chi connectivity index (χ0v) is 11.2. The van der Waals surface area contributed by atoms with E-state index in [0.717, 1.165) is 6.42 Å². The molecule has 2 atom stereocenters. The SMILES string of the molecule is CC=CC(=O)CC1C(C)=CCC(C)C1(C)C. The smallest absolute Gasteiger partial charge is 0.155 e. The molecule has 0 saturated carbocycles.